The highest BCUT2D eigenvalue weighted by Gasteiger charge is 2.21. The Morgan fingerprint density at radius 2 is 1.81 bits per heavy atom. The van der Waals surface area contributed by atoms with Crippen molar-refractivity contribution in [1.82, 2.24) is 14.7 Å². The van der Waals surface area contributed by atoms with E-state index < -0.39 is 10.9 Å². The van der Waals surface area contributed by atoms with Crippen LogP contribution in [0.25, 0.3) is 11.3 Å². The molecule has 0 aliphatic carbocycles. The first-order chi connectivity index (χ1) is 12.6. The molecule has 3 rings (SSSR count). The number of rotatable bonds is 6. The van der Waals surface area contributed by atoms with Crippen LogP contribution in [0, 0.1) is 0 Å². The normalized spacial score (nSPS) is 15.3. The summed E-state index contributed by atoms with van der Waals surface area (Å²) < 4.78 is 34.8. The van der Waals surface area contributed by atoms with Gasteiger partial charge in [-0.05, 0) is 31.0 Å². The second-order valence-corrected chi connectivity index (χ2v) is 6.75. The first-order valence-corrected chi connectivity index (χ1v) is 9.48. The third-order valence-electron chi connectivity index (χ3n) is 4.44. The minimum atomic E-state index is -2.55. The number of hydrogen-bond donors (Lipinski definition) is 2. The lowest BCUT2D eigenvalue weighted by Crippen LogP contribution is -2.42. The second-order valence-electron chi connectivity index (χ2n) is 5.98. The molecule has 0 unspecified atom stereocenters. The second kappa shape index (κ2) is 8.33. The Kier molecular flexibility index (Phi) is 5.89. The van der Waals surface area contributed by atoms with Gasteiger partial charge in [0.05, 0.1) is 19.9 Å². The van der Waals surface area contributed by atoms with Crippen LogP contribution in [0.2, 0.25) is 0 Å². The summed E-state index contributed by atoms with van der Waals surface area (Å²) in [5.74, 6) is 2.13. The maximum Gasteiger partial charge on any atom is 0.201 e. The molecule has 2 aromatic rings. The molecule has 1 saturated heterocycles. The van der Waals surface area contributed by atoms with Crippen molar-refractivity contribution in [3.8, 4) is 22.8 Å². The van der Waals surface area contributed by atoms with Crippen molar-refractivity contribution in [2.24, 2.45) is 0 Å². The molecular formula is C17H22N4O4S. The summed E-state index contributed by atoms with van der Waals surface area (Å²) >= 11 is 0. The third-order valence-corrected chi connectivity index (χ3v) is 5.01. The number of nitrogens with zero attached hydrogens (tertiary/aromatic N) is 3. The van der Waals surface area contributed by atoms with Crippen LogP contribution in [0.15, 0.2) is 30.6 Å². The van der Waals surface area contributed by atoms with E-state index in [0.29, 0.717) is 11.5 Å². The summed E-state index contributed by atoms with van der Waals surface area (Å²) in [6.45, 7) is 1.48. The molecule has 8 nitrogen and oxygen atoms in total. The van der Waals surface area contributed by atoms with Crippen molar-refractivity contribution < 1.29 is 17.9 Å². The van der Waals surface area contributed by atoms with Crippen LogP contribution < -0.4 is 19.1 Å². The number of aromatic nitrogens is 2. The van der Waals surface area contributed by atoms with E-state index in [1.807, 2.05) is 24.3 Å². The minimum Gasteiger partial charge on any atom is -0.493 e. The molecule has 1 fully saturated rings. The predicted octanol–water partition coefficient (Wildman–Crippen LogP) is 1.25. The average molecular weight is 378 g/mol. The van der Waals surface area contributed by atoms with Crippen molar-refractivity contribution in [2.75, 3.05) is 32.2 Å². The molecule has 1 aromatic heterocycles. The quantitative estimate of drug-likeness (QED) is 0.731. The maximum absolute atomic E-state index is 10.8. The molecule has 26 heavy (non-hydrogen) atoms. The van der Waals surface area contributed by atoms with Gasteiger partial charge in [-0.3, -0.25) is 0 Å². The Morgan fingerprint density at radius 3 is 2.46 bits per heavy atom. The topological polar surface area (TPSA) is 93.7 Å². The largest absolute Gasteiger partial charge is 0.493 e. The fraction of sp³-hybridized carbons (Fsp3) is 0.412. The van der Waals surface area contributed by atoms with Gasteiger partial charge in [0, 0.05) is 30.8 Å². The van der Waals surface area contributed by atoms with E-state index in [2.05, 4.69) is 19.6 Å². The van der Waals surface area contributed by atoms with E-state index >= 15 is 0 Å². The van der Waals surface area contributed by atoms with Crippen LogP contribution in [0.5, 0.6) is 11.5 Å². The lowest BCUT2D eigenvalue weighted by Gasteiger charge is -2.32. The van der Waals surface area contributed by atoms with Gasteiger partial charge in [0.25, 0.3) is 0 Å². The smallest absolute Gasteiger partial charge is 0.201 e. The van der Waals surface area contributed by atoms with Gasteiger partial charge in [0.2, 0.25) is 10.9 Å². The highest BCUT2D eigenvalue weighted by molar-refractivity contribution is 7.70. The Labute approximate surface area is 154 Å². The van der Waals surface area contributed by atoms with Crippen molar-refractivity contribution in [3.63, 3.8) is 0 Å². The van der Waals surface area contributed by atoms with Crippen molar-refractivity contribution in [1.29, 1.82) is 0 Å². The van der Waals surface area contributed by atoms with Gasteiger partial charge in [-0.25, -0.2) is 23.1 Å². The number of hydrogen-bond acceptors (Lipinski definition) is 7. The zero-order chi connectivity index (χ0) is 18.5. The van der Waals surface area contributed by atoms with Gasteiger partial charge in [0.15, 0.2) is 11.5 Å². The molecule has 0 saturated carbocycles. The fourth-order valence-electron chi connectivity index (χ4n) is 3.06. The van der Waals surface area contributed by atoms with Crippen LogP contribution in [-0.2, 0) is 10.9 Å². The van der Waals surface area contributed by atoms with Crippen LogP contribution in [-0.4, -0.2) is 51.7 Å². The number of benzene rings is 1. The van der Waals surface area contributed by atoms with E-state index in [-0.39, 0.29) is 6.04 Å². The van der Waals surface area contributed by atoms with Crippen molar-refractivity contribution in [3.05, 3.63) is 30.6 Å². The van der Waals surface area contributed by atoms with Crippen LogP contribution >= 0.6 is 0 Å². The van der Waals surface area contributed by atoms with Crippen LogP contribution in [0.4, 0.5) is 5.82 Å². The number of piperidine rings is 1. The molecule has 140 valence electrons. The first-order valence-electron chi connectivity index (χ1n) is 8.30. The third kappa shape index (κ3) is 4.23. The lowest BCUT2D eigenvalue weighted by molar-refractivity contribution is 0.355. The van der Waals surface area contributed by atoms with Gasteiger partial charge >= 0.3 is 0 Å². The molecular weight excluding hydrogens is 356 g/mol. The summed E-state index contributed by atoms with van der Waals surface area (Å²) in [6, 6.07) is 7.58. The zero-order valence-electron chi connectivity index (χ0n) is 14.7. The van der Waals surface area contributed by atoms with E-state index in [1.54, 1.807) is 20.5 Å². The SMILES string of the molecule is COc1ccc(-c2cc(N3CCC(N[SH](=O)=O)CC3)ncn2)cc1OC. The first kappa shape index (κ1) is 18.4. The molecule has 1 aromatic carbocycles. The van der Waals surface area contributed by atoms with Gasteiger partial charge in [-0.15, -0.1) is 0 Å². The summed E-state index contributed by atoms with van der Waals surface area (Å²) in [6.07, 6.45) is 3.04. The number of methoxy groups -OCH3 is 2. The Balaban J connectivity index is 1.77. The highest BCUT2D eigenvalue weighted by atomic mass is 32.2. The molecule has 0 amide bonds. The minimum absolute atomic E-state index is 0.000446. The number of anilines is 1. The van der Waals surface area contributed by atoms with E-state index in [1.165, 1.54) is 0 Å². The van der Waals surface area contributed by atoms with Crippen molar-refractivity contribution >= 4 is 16.7 Å². The summed E-state index contributed by atoms with van der Waals surface area (Å²) in [5, 5.41) is 0. The molecule has 1 N–H and O–H groups in total. The van der Waals surface area contributed by atoms with Gasteiger partial charge in [0.1, 0.15) is 12.1 Å². The standard InChI is InChI=1S/C17H22N4O4S/c1-24-15-4-3-12(9-16(15)25-2)14-10-17(19-11-18-14)21-7-5-13(6-8-21)20-26(22)23/h3-4,9-11,13,26H,5-8H2,1-2H3,(H,20,22,23). The number of nitrogens with one attached hydrogen (secondary N) is 1. The zero-order valence-corrected chi connectivity index (χ0v) is 15.6. The average Bonchev–Trinajstić information content (AvgIpc) is 2.67. The molecule has 1 aliphatic heterocycles. The molecule has 0 spiro atoms. The monoisotopic (exact) mass is 378 g/mol. The highest BCUT2D eigenvalue weighted by Crippen LogP contribution is 2.32. The Bertz CT molecular complexity index is 827. The van der Waals surface area contributed by atoms with Gasteiger partial charge in [-0.1, -0.05) is 0 Å². The molecule has 0 radical (unpaired) electrons. The van der Waals surface area contributed by atoms with E-state index in [0.717, 1.165) is 43.0 Å². The van der Waals surface area contributed by atoms with Crippen molar-refractivity contribution in [2.45, 2.75) is 18.9 Å². The molecule has 1 aliphatic rings. The molecule has 0 bridgehead atoms. The van der Waals surface area contributed by atoms with E-state index in [9.17, 15) is 8.42 Å². The Hall–Kier alpha value is -2.39. The fourth-order valence-corrected chi connectivity index (χ4v) is 3.62. The lowest BCUT2D eigenvalue weighted by atomic mass is 10.1. The molecule has 9 heteroatoms. The Morgan fingerprint density at radius 1 is 1.08 bits per heavy atom. The maximum atomic E-state index is 10.8. The number of thiol groups is 1. The predicted molar refractivity (Wildman–Crippen MR) is 99.3 cm³/mol. The molecule has 0 atom stereocenters. The number of ether oxygens (including phenoxy) is 2. The summed E-state index contributed by atoms with van der Waals surface area (Å²) in [7, 11) is 0.644. The van der Waals surface area contributed by atoms with Crippen LogP contribution in [0.3, 0.4) is 0 Å². The van der Waals surface area contributed by atoms with Gasteiger partial charge < -0.3 is 14.4 Å². The van der Waals surface area contributed by atoms with Gasteiger partial charge in [-0.2, -0.15) is 0 Å². The summed E-state index contributed by atoms with van der Waals surface area (Å²) in [5.41, 5.74) is 1.70. The summed E-state index contributed by atoms with van der Waals surface area (Å²) in [4.78, 5) is 10.9. The van der Waals surface area contributed by atoms with Crippen LogP contribution in [0.1, 0.15) is 12.8 Å². The van der Waals surface area contributed by atoms with E-state index in [4.69, 9.17) is 9.47 Å². The molecule has 2 heterocycles.